The van der Waals surface area contributed by atoms with Crippen LogP contribution >= 0.6 is 23.7 Å². The monoisotopic (exact) mass is 279 g/mol. The number of carbonyl (C=O) groups is 1. The minimum absolute atomic E-state index is 0.207. The van der Waals surface area contributed by atoms with Crippen LogP contribution in [-0.2, 0) is 0 Å². The van der Waals surface area contributed by atoms with E-state index in [-0.39, 0.29) is 5.78 Å². The molecule has 4 heteroatoms. The Hall–Kier alpha value is -0.870. The smallest absolute Gasteiger partial charge is 0.182 e. The first kappa shape index (κ1) is 13.6. The Balaban J connectivity index is 2.53. The van der Waals surface area contributed by atoms with Crippen LogP contribution in [0.4, 0.5) is 5.69 Å². The second-order valence-corrected chi connectivity index (χ2v) is 7.19. The topological polar surface area (TPSA) is 20.3 Å². The molecular weight excluding hydrogens is 262 g/mol. The Bertz CT molecular complexity index is 497. The maximum absolute atomic E-state index is 12.5. The van der Waals surface area contributed by atoms with Crippen LogP contribution in [0.2, 0.25) is 0 Å². The largest absolute Gasteiger partial charge is 0.311 e. The lowest BCUT2D eigenvalue weighted by atomic mass is 9.98. The lowest BCUT2D eigenvalue weighted by Gasteiger charge is -2.37. The highest BCUT2D eigenvalue weighted by Gasteiger charge is 2.39. The number of nitrogens with zero attached hydrogens (tertiary/aromatic N) is 1. The Labute approximate surface area is 117 Å². The molecule has 0 aromatic heterocycles. The minimum atomic E-state index is -0.410. The molecule has 1 aromatic carbocycles. The van der Waals surface area contributed by atoms with Gasteiger partial charge in [0.2, 0.25) is 0 Å². The molecule has 96 valence electrons. The molecule has 0 saturated heterocycles. The summed E-state index contributed by atoms with van der Waals surface area (Å²) in [5.74, 6) is 0.207. The second kappa shape index (κ2) is 5.02. The number of rotatable bonds is 3. The molecule has 0 amide bonds. The average Bonchev–Trinajstić information content (AvgIpc) is 2.35. The average molecular weight is 279 g/mol. The zero-order valence-corrected chi connectivity index (χ0v) is 12.5. The molecule has 0 radical (unpaired) electrons. The Morgan fingerprint density at radius 1 is 1.50 bits per heavy atom. The van der Waals surface area contributed by atoms with Gasteiger partial charge in [0, 0.05) is 17.0 Å². The normalized spacial score (nSPS) is 17.5. The van der Waals surface area contributed by atoms with Crippen molar-refractivity contribution in [2.75, 3.05) is 17.1 Å². The van der Waals surface area contributed by atoms with Gasteiger partial charge in [-0.2, -0.15) is 0 Å². The number of benzene rings is 1. The number of thioether (sulfide) groups is 1. The Morgan fingerprint density at radius 2 is 2.22 bits per heavy atom. The number of ketones is 1. The molecule has 0 aliphatic carbocycles. The highest BCUT2D eigenvalue weighted by Crippen LogP contribution is 2.43. The summed E-state index contributed by atoms with van der Waals surface area (Å²) in [6.07, 6.45) is 3.89. The van der Waals surface area contributed by atoms with Crippen molar-refractivity contribution in [3.8, 4) is 0 Å². The lowest BCUT2D eigenvalue weighted by Crippen LogP contribution is -2.39. The summed E-state index contributed by atoms with van der Waals surface area (Å²) >= 11 is 3.24. The van der Waals surface area contributed by atoms with Gasteiger partial charge in [0.15, 0.2) is 5.78 Å². The fraction of sp³-hybridized carbons (Fsp3) is 0.357. The van der Waals surface area contributed by atoms with E-state index in [1.165, 1.54) is 0 Å². The number of fused-ring (bicyclic) bond motifs is 1. The van der Waals surface area contributed by atoms with Gasteiger partial charge in [0.05, 0.1) is 10.4 Å². The summed E-state index contributed by atoms with van der Waals surface area (Å²) < 4.78 is 1.74. The molecule has 0 spiro atoms. The van der Waals surface area contributed by atoms with Gasteiger partial charge in [-0.1, -0.05) is 6.08 Å². The predicted octanol–water partition coefficient (Wildman–Crippen LogP) is 4.02. The molecule has 1 aliphatic rings. The lowest BCUT2D eigenvalue weighted by molar-refractivity contribution is 0.0956. The molecule has 0 saturated carbocycles. The summed E-state index contributed by atoms with van der Waals surface area (Å²) in [6.45, 7) is 8.48. The van der Waals surface area contributed by atoms with Crippen molar-refractivity contribution in [1.82, 2.24) is 0 Å². The molecule has 2 nitrogen and oxygen atoms in total. The van der Waals surface area contributed by atoms with E-state index < -0.39 is 4.75 Å². The van der Waals surface area contributed by atoms with Crippen molar-refractivity contribution < 1.29 is 4.79 Å². The standard InChI is InChI=1S/C14H17NOS2/c1-5-8-15-12-7-6-10(17-4)9-11(12)13(16)14(2,3)18-15/h5-7,9H,1,8H2,2-4H3. The van der Waals surface area contributed by atoms with Gasteiger partial charge in [-0.15, -0.1) is 18.3 Å². The van der Waals surface area contributed by atoms with Crippen molar-refractivity contribution in [2.45, 2.75) is 23.5 Å². The van der Waals surface area contributed by atoms with Crippen LogP contribution in [0.15, 0.2) is 35.7 Å². The van der Waals surface area contributed by atoms with Gasteiger partial charge in [0.25, 0.3) is 0 Å². The second-order valence-electron chi connectivity index (χ2n) is 4.66. The fourth-order valence-corrected chi connectivity index (χ4v) is 3.61. The van der Waals surface area contributed by atoms with Crippen LogP contribution in [0.3, 0.4) is 0 Å². The summed E-state index contributed by atoms with van der Waals surface area (Å²) in [5.41, 5.74) is 1.83. The maximum Gasteiger partial charge on any atom is 0.182 e. The van der Waals surface area contributed by atoms with Gasteiger partial charge >= 0.3 is 0 Å². The molecule has 18 heavy (non-hydrogen) atoms. The zero-order chi connectivity index (χ0) is 13.3. The van der Waals surface area contributed by atoms with Crippen LogP contribution in [-0.4, -0.2) is 23.3 Å². The molecule has 0 unspecified atom stereocenters. The molecule has 2 rings (SSSR count). The zero-order valence-electron chi connectivity index (χ0n) is 10.9. The van der Waals surface area contributed by atoms with Gasteiger partial charge in [-0.3, -0.25) is 4.79 Å². The Morgan fingerprint density at radius 3 is 2.83 bits per heavy atom. The highest BCUT2D eigenvalue weighted by molar-refractivity contribution is 8.02. The maximum atomic E-state index is 12.5. The van der Waals surface area contributed by atoms with E-state index in [0.29, 0.717) is 0 Å². The molecule has 1 heterocycles. The molecule has 0 atom stereocenters. The van der Waals surface area contributed by atoms with Gasteiger partial charge in [-0.25, -0.2) is 0 Å². The molecule has 1 aliphatic heterocycles. The highest BCUT2D eigenvalue weighted by atomic mass is 32.2. The minimum Gasteiger partial charge on any atom is -0.311 e. The molecule has 0 fully saturated rings. The number of carbonyl (C=O) groups excluding carboxylic acids is 1. The third-order valence-electron chi connectivity index (χ3n) is 2.90. The first-order valence-corrected chi connectivity index (χ1v) is 7.80. The van der Waals surface area contributed by atoms with Crippen LogP contribution in [0.5, 0.6) is 0 Å². The van der Waals surface area contributed by atoms with E-state index in [0.717, 1.165) is 22.7 Å². The van der Waals surface area contributed by atoms with Crippen molar-refractivity contribution in [3.63, 3.8) is 0 Å². The number of anilines is 1. The van der Waals surface area contributed by atoms with Crippen LogP contribution in [0.25, 0.3) is 0 Å². The number of hydrogen-bond donors (Lipinski definition) is 0. The first-order chi connectivity index (χ1) is 8.49. The predicted molar refractivity (Wildman–Crippen MR) is 81.8 cm³/mol. The number of Topliss-reactive ketones (excluding diaryl/α,β-unsaturated/α-hetero) is 1. The van der Waals surface area contributed by atoms with Crippen LogP contribution in [0, 0.1) is 0 Å². The molecule has 0 N–H and O–H groups in total. The molecule has 1 aromatic rings. The summed E-state index contributed by atoms with van der Waals surface area (Å²) in [5, 5.41) is 0. The SMILES string of the molecule is C=CCN1SC(C)(C)C(=O)c2cc(SC)ccc21. The third-order valence-corrected chi connectivity index (χ3v) is 4.83. The quantitative estimate of drug-likeness (QED) is 0.473. The van der Waals surface area contributed by atoms with Gasteiger partial charge in [-0.05, 0) is 50.3 Å². The van der Waals surface area contributed by atoms with E-state index in [4.69, 9.17) is 0 Å². The summed E-state index contributed by atoms with van der Waals surface area (Å²) in [4.78, 5) is 13.6. The van der Waals surface area contributed by atoms with Gasteiger partial charge in [0.1, 0.15) is 0 Å². The van der Waals surface area contributed by atoms with Crippen molar-refractivity contribution in [3.05, 3.63) is 36.4 Å². The van der Waals surface area contributed by atoms with Crippen LogP contribution < -0.4 is 4.31 Å². The Kier molecular flexibility index (Phi) is 3.78. The van der Waals surface area contributed by atoms with Crippen molar-refractivity contribution in [1.29, 1.82) is 0 Å². The van der Waals surface area contributed by atoms with E-state index >= 15 is 0 Å². The van der Waals surface area contributed by atoms with Crippen molar-refractivity contribution in [2.24, 2.45) is 0 Å². The van der Waals surface area contributed by atoms with Crippen LogP contribution in [0.1, 0.15) is 24.2 Å². The van der Waals surface area contributed by atoms with E-state index in [2.05, 4.69) is 17.0 Å². The van der Waals surface area contributed by atoms with E-state index in [1.807, 2.05) is 38.3 Å². The number of hydrogen-bond acceptors (Lipinski definition) is 4. The van der Waals surface area contributed by atoms with Crippen molar-refractivity contribution >= 4 is 35.2 Å². The summed E-state index contributed by atoms with van der Waals surface area (Å²) in [7, 11) is 0. The summed E-state index contributed by atoms with van der Waals surface area (Å²) in [6, 6.07) is 6.09. The van der Waals surface area contributed by atoms with E-state index in [9.17, 15) is 4.79 Å². The molecular formula is C14H17NOS2. The first-order valence-electron chi connectivity index (χ1n) is 5.80. The molecule has 0 bridgehead atoms. The third kappa shape index (κ3) is 2.31. The fourth-order valence-electron chi connectivity index (χ4n) is 1.98. The van der Waals surface area contributed by atoms with Gasteiger partial charge < -0.3 is 4.31 Å². The van der Waals surface area contributed by atoms with E-state index in [1.54, 1.807) is 23.7 Å².